The Hall–Kier alpha value is -1.33. The normalized spacial score (nSPS) is 12.5. The molecule has 1 nitrogen and oxygen atoms in total. The van der Waals surface area contributed by atoms with Crippen molar-refractivity contribution >= 4 is 15.9 Å². The maximum absolute atomic E-state index is 13.6. The van der Waals surface area contributed by atoms with Gasteiger partial charge in [0.15, 0.2) is 11.6 Å². The average Bonchev–Trinajstić information content (AvgIpc) is 2.38. The Morgan fingerprint density at radius 1 is 1.10 bits per heavy atom. The average molecular weight is 344 g/mol. The number of benzene rings is 2. The number of aryl methyl sites for hydroxylation is 1. The summed E-state index contributed by atoms with van der Waals surface area (Å²) in [5.41, 5.74) is 1.92. The monoisotopic (exact) mass is 343 g/mol. The lowest BCUT2D eigenvalue weighted by atomic mass is 9.97. The van der Waals surface area contributed by atoms with Gasteiger partial charge in [-0.2, -0.15) is 0 Å². The molecule has 106 valence electrons. The first-order valence-electron chi connectivity index (χ1n) is 6.01. The number of nitrogens with one attached hydrogen (secondary N) is 1. The molecule has 0 aliphatic heterocycles. The van der Waals surface area contributed by atoms with Gasteiger partial charge in [0.25, 0.3) is 0 Å². The molecule has 5 heteroatoms. The Balaban J connectivity index is 2.55. The van der Waals surface area contributed by atoms with Crippen molar-refractivity contribution in [2.75, 3.05) is 7.05 Å². The zero-order valence-electron chi connectivity index (χ0n) is 11.0. The molecule has 0 aromatic heterocycles. The molecule has 2 rings (SSSR count). The number of hydrogen-bond donors (Lipinski definition) is 1. The highest BCUT2D eigenvalue weighted by atomic mass is 79.9. The smallest absolute Gasteiger partial charge is 0.173 e. The molecule has 2 aromatic rings. The molecule has 1 N–H and O–H groups in total. The third-order valence-electron chi connectivity index (χ3n) is 3.06. The Morgan fingerprint density at radius 2 is 1.80 bits per heavy atom. The molecule has 0 fully saturated rings. The van der Waals surface area contributed by atoms with Crippen LogP contribution >= 0.6 is 15.9 Å². The van der Waals surface area contributed by atoms with E-state index in [4.69, 9.17) is 0 Å². The van der Waals surface area contributed by atoms with E-state index in [2.05, 4.69) is 21.2 Å². The highest BCUT2D eigenvalue weighted by Gasteiger charge is 2.20. The van der Waals surface area contributed by atoms with E-state index in [1.165, 1.54) is 18.2 Å². The lowest BCUT2D eigenvalue weighted by molar-refractivity contribution is 0.499. The van der Waals surface area contributed by atoms with E-state index in [1.807, 2.05) is 0 Å². The summed E-state index contributed by atoms with van der Waals surface area (Å²) in [5.74, 6) is -2.24. The van der Waals surface area contributed by atoms with Crippen LogP contribution in [0.5, 0.6) is 0 Å². The van der Waals surface area contributed by atoms with Crippen LogP contribution in [0.25, 0.3) is 0 Å². The third-order valence-corrected chi connectivity index (χ3v) is 3.87. The van der Waals surface area contributed by atoms with Crippen LogP contribution in [0.15, 0.2) is 34.8 Å². The first kappa shape index (κ1) is 15.1. The van der Waals surface area contributed by atoms with Gasteiger partial charge in [0, 0.05) is 0 Å². The summed E-state index contributed by atoms with van der Waals surface area (Å²) in [4.78, 5) is 0. The van der Waals surface area contributed by atoms with Crippen LogP contribution in [0.4, 0.5) is 13.2 Å². The molecule has 0 saturated heterocycles. The van der Waals surface area contributed by atoms with Crippen LogP contribution in [0, 0.1) is 24.4 Å². The first-order chi connectivity index (χ1) is 9.43. The van der Waals surface area contributed by atoms with Crippen LogP contribution in [-0.2, 0) is 0 Å². The molecule has 0 aliphatic rings. The zero-order chi connectivity index (χ0) is 14.9. The quantitative estimate of drug-likeness (QED) is 0.810. The van der Waals surface area contributed by atoms with Crippen molar-refractivity contribution in [3.8, 4) is 0 Å². The van der Waals surface area contributed by atoms with E-state index >= 15 is 0 Å². The van der Waals surface area contributed by atoms with Crippen molar-refractivity contribution in [1.82, 2.24) is 5.32 Å². The Kier molecular flexibility index (Phi) is 4.50. The number of halogens is 4. The van der Waals surface area contributed by atoms with E-state index in [0.29, 0.717) is 11.1 Å². The summed E-state index contributed by atoms with van der Waals surface area (Å²) in [6.07, 6.45) is 0. The molecular formula is C15H13BrF3N. The highest BCUT2D eigenvalue weighted by molar-refractivity contribution is 9.10. The summed E-state index contributed by atoms with van der Waals surface area (Å²) >= 11 is 3.06. The number of hydrogen-bond acceptors (Lipinski definition) is 1. The molecule has 20 heavy (non-hydrogen) atoms. The van der Waals surface area contributed by atoms with E-state index in [1.54, 1.807) is 20.0 Å². The van der Waals surface area contributed by atoms with Crippen molar-refractivity contribution in [2.45, 2.75) is 13.0 Å². The van der Waals surface area contributed by atoms with Gasteiger partial charge in [-0.05, 0) is 64.8 Å². The van der Waals surface area contributed by atoms with Gasteiger partial charge in [0.1, 0.15) is 5.82 Å². The maximum Gasteiger partial charge on any atom is 0.173 e. The molecule has 2 aromatic carbocycles. The molecule has 0 aliphatic carbocycles. The summed E-state index contributed by atoms with van der Waals surface area (Å²) in [5, 5.41) is 2.99. The molecule has 0 amide bonds. The van der Waals surface area contributed by atoms with Crippen LogP contribution in [0.3, 0.4) is 0 Å². The fourth-order valence-electron chi connectivity index (χ4n) is 2.20. The molecule has 0 heterocycles. The Bertz CT molecular complexity index is 623. The summed E-state index contributed by atoms with van der Waals surface area (Å²) in [7, 11) is 1.68. The van der Waals surface area contributed by atoms with Crippen molar-refractivity contribution in [2.24, 2.45) is 0 Å². The van der Waals surface area contributed by atoms with Gasteiger partial charge < -0.3 is 5.32 Å². The first-order valence-corrected chi connectivity index (χ1v) is 6.81. The van der Waals surface area contributed by atoms with Gasteiger partial charge in [-0.25, -0.2) is 13.2 Å². The molecule has 1 atom stereocenters. The summed E-state index contributed by atoms with van der Waals surface area (Å²) < 4.78 is 40.4. The zero-order valence-corrected chi connectivity index (χ0v) is 12.6. The van der Waals surface area contributed by atoms with E-state index in [-0.39, 0.29) is 10.3 Å². The standard InChI is InChI=1S/C15H13BrF3N/c1-8-5-9(7-10(17)6-8)15(20-2)11-3-4-12(18)14(19)13(11)16/h3-7,15,20H,1-2H3. The van der Waals surface area contributed by atoms with Crippen LogP contribution in [0.2, 0.25) is 0 Å². The second kappa shape index (κ2) is 5.97. The topological polar surface area (TPSA) is 12.0 Å². The van der Waals surface area contributed by atoms with Crippen molar-refractivity contribution in [3.63, 3.8) is 0 Å². The van der Waals surface area contributed by atoms with E-state index in [9.17, 15) is 13.2 Å². The molecule has 1 unspecified atom stereocenters. The number of rotatable bonds is 3. The van der Waals surface area contributed by atoms with Crippen molar-refractivity contribution in [1.29, 1.82) is 0 Å². The van der Waals surface area contributed by atoms with Crippen molar-refractivity contribution in [3.05, 3.63) is 68.9 Å². The van der Waals surface area contributed by atoms with Crippen molar-refractivity contribution < 1.29 is 13.2 Å². The second-order valence-corrected chi connectivity index (χ2v) is 5.34. The van der Waals surface area contributed by atoms with Gasteiger partial charge in [-0.1, -0.05) is 12.1 Å². The lowest BCUT2D eigenvalue weighted by Crippen LogP contribution is -2.19. The fourth-order valence-corrected chi connectivity index (χ4v) is 2.75. The predicted octanol–water partition coefficient (Wildman–Crippen LogP) is 4.48. The minimum Gasteiger partial charge on any atom is -0.309 e. The Morgan fingerprint density at radius 3 is 2.40 bits per heavy atom. The SMILES string of the molecule is CNC(c1cc(C)cc(F)c1)c1ccc(F)c(F)c1Br. The van der Waals surface area contributed by atoms with Gasteiger partial charge in [0.05, 0.1) is 10.5 Å². The maximum atomic E-state index is 13.6. The second-order valence-electron chi connectivity index (χ2n) is 4.55. The van der Waals surface area contributed by atoms with Crippen LogP contribution in [-0.4, -0.2) is 7.05 Å². The molecule has 0 saturated carbocycles. The third kappa shape index (κ3) is 2.88. The van der Waals surface area contributed by atoms with Gasteiger partial charge in [-0.15, -0.1) is 0 Å². The van der Waals surface area contributed by atoms with Gasteiger partial charge >= 0.3 is 0 Å². The highest BCUT2D eigenvalue weighted by Crippen LogP contribution is 2.32. The molecule has 0 bridgehead atoms. The fraction of sp³-hybridized carbons (Fsp3) is 0.200. The minimum atomic E-state index is -0.948. The summed E-state index contributed by atoms with van der Waals surface area (Å²) in [6, 6.07) is 6.69. The minimum absolute atomic E-state index is 0.0405. The molecule has 0 spiro atoms. The lowest BCUT2D eigenvalue weighted by Gasteiger charge is -2.20. The van der Waals surface area contributed by atoms with Gasteiger partial charge in [0.2, 0.25) is 0 Å². The predicted molar refractivity (Wildman–Crippen MR) is 76.1 cm³/mol. The Labute approximate surface area is 123 Å². The molecule has 0 radical (unpaired) electrons. The van der Waals surface area contributed by atoms with Crippen LogP contribution < -0.4 is 5.32 Å². The van der Waals surface area contributed by atoms with Crippen LogP contribution in [0.1, 0.15) is 22.7 Å². The van der Waals surface area contributed by atoms with E-state index < -0.39 is 17.7 Å². The largest absolute Gasteiger partial charge is 0.309 e. The van der Waals surface area contributed by atoms with Gasteiger partial charge in [-0.3, -0.25) is 0 Å². The molecular weight excluding hydrogens is 331 g/mol. The van der Waals surface area contributed by atoms with E-state index in [0.717, 1.165) is 11.6 Å². The summed E-state index contributed by atoms with van der Waals surface area (Å²) in [6.45, 7) is 1.78.